The Morgan fingerprint density at radius 2 is 1.11 bits per heavy atom. The van der Waals surface area contributed by atoms with Gasteiger partial charge in [-0.3, -0.25) is 0 Å². The molecule has 0 spiro atoms. The number of carboxylic acids is 1. The Hall–Kier alpha value is -1.29. The highest BCUT2D eigenvalue weighted by Gasteiger charge is 2.00. The van der Waals surface area contributed by atoms with Crippen molar-refractivity contribution in [1.82, 2.24) is 10.6 Å². The van der Waals surface area contributed by atoms with Gasteiger partial charge in [0, 0.05) is 6.54 Å². The van der Waals surface area contributed by atoms with E-state index in [0.717, 1.165) is 25.9 Å². The molecule has 0 saturated heterocycles. The number of unbranched alkanes of at least 4 members (excludes halogenated alkanes) is 13. The molecule has 0 aromatic heterocycles. The molecule has 0 saturated carbocycles. The molecule has 0 aliphatic carbocycles. The van der Waals surface area contributed by atoms with Crippen LogP contribution in [-0.2, 0) is 4.79 Å². The average molecular weight is 381 g/mol. The van der Waals surface area contributed by atoms with Crippen LogP contribution in [0.15, 0.2) is 24.9 Å². The van der Waals surface area contributed by atoms with Crippen molar-refractivity contribution in [2.24, 2.45) is 0 Å². The summed E-state index contributed by atoms with van der Waals surface area (Å²) < 4.78 is 0. The van der Waals surface area contributed by atoms with Crippen molar-refractivity contribution in [2.75, 3.05) is 19.6 Å². The molecule has 0 unspecified atom stereocenters. The Morgan fingerprint density at radius 1 is 0.704 bits per heavy atom. The third kappa shape index (κ3) is 20.9. The number of aliphatic carboxylic acids is 1. The van der Waals surface area contributed by atoms with Crippen LogP contribution in [0.2, 0.25) is 0 Å². The van der Waals surface area contributed by atoms with Crippen LogP contribution in [0, 0.1) is 0 Å². The molecule has 4 heteroatoms. The molecular weight excluding hydrogens is 336 g/mol. The van der Waals surface area contributed by atoms with E-state index in [1.807, 2.05) is 6.08 Å². The van der Waals surface area contributed by atoms with E-state index in [4.69, 9.17) is 5.11 Å². The van der Waals surface area contributed by atoms with Crippen LogP contribution in [0.25, 0.3) is 0 Å². The molecule has 0 aliphatic rings. The van der Waals surface area contributed by atoms with E-state index in [1.165, 1.54) is 83.5 Å². The third-order valence-electron chi connectivity index (χ3n) is 4.89. The Bertz CT molecular complexity index is 369. The molecule has 0 aliphatic heterocycles. The quantitative estimate of drug-likeness (QED) is 0.126. The van der Waals surface area contributed by atoms with E-state index in [2.05, 4.69) is 23.8 Å². The summed E-state index contributed by atoms with van der Waals surface area (Å²) in [5, 5.41) is 14.9. The van der Waals surface area contributed by atoms with Crippen molar-refractivity contribution in [3.8, 4) is 0 Å². The molecule has 0 heterocycles. The van der Waals surface area contributed by atoms with Crippen LogP contribution in [-0.4, -0.2) is 30.7 Å². The molecular formula is C23H44N2O2. The van der Waals surface area contributed by atoms with E-state index >= 15 is 0 Å². The maximum absolute atomic E-state index is 10.6. The average Bonchev–Trinajstić information content (AvgIpc) is 2.66. The number of nitrogens with one attached hydrogen (secondary N) is 2. The van der Waals surface area contributed by atoms with Gasteiger partial charge in [-0.1, -0.05) is 76.9 Å². The monoisotopic (exact) mass is 380 g/mol. The number of hydrogen-bond donors (Lipinski definition) is 3. The highest BCUT2D eigenvalue weighted by atomic mass is 16.4. The Labute approximate surface area is 167 Å². The third-order valence-corrected chi connectivity index (χ3v) is 4.89. The van der Waals surface area contributed by atoms with Crippen LogP contribution in [0.3, 0.4) is 0 Å². The largest absolute Gasteiger partial charge is 0.477 e. The van der Waals surface area contributed by atoms with Crippen LogP contribution in [0.5, 0.6) is 0 Å². The van der Waals surface area contributed by atoms with Gasteiger partial charge < -0.3 is 15.7 Å². The van der Waals surface area contributed by atoms with Gasteiger partial charge in [0.15, 0.2) is 0 Å². The zero-order valence-corrected chi connectivity index (χ0v) is 17.6. The molecule has 3 N–H and O–H groups in total. The van der Waals surface area contributed by atoms with Gasteiger partial charge in [-0.2, -0.15) is 0 Å². The van der Waals surface area contributed by atoms with Crippen molar-refractivity contribution in [1.29, 1.82) is 0 Å². The molecule has 0 rings (SSSR count). The molecule has 27 heavy (non-hydrogen) atoms. The summed E-state index contributed by atoms with van der Waals surface area (Å²) in [5.41, 5.74) is 0.0854. The topological polar surface area (TPSA) is 61.4 Å². The lowest BCUT2D eigenvalue weighted by molar-refractivity contribution is -0.133. The molecule has 0 radical (unpaired) electrons. The van der Waals surface area contributed by atoms with Gasteiger partial charge in [-0.05, 0) is 45.2 Å². The lowest BCUT2D eigenvalue weighted by atomic mass is 10.0. The summed E-state index contributed by atoms with van der Waals surface area (Å²) in [6, 6.07) is 0. The summed E-state index contributed by atoms with van der Waals surface area (Å²) in [5.74, 6) is -0.969. The van der Waals surface area contributed by atoms with Crippen molar-refractivity contribution in [3.05, 3.63) is 24.9 Å². The number of allylic oxidation sites excluding steroid dienone is 1. The first kappa shape index (κ1) is 25.7. The number of hydrogen-bond acceptors (Lipinski definition) is 3. The minimum absolute atomic E-state index is 0.0854. The molecule has 158 valence electrons. The lowest BCUT2D eigenvalue weighted by Gasteiger charge is -2.07. The fraction of sp³-hybridized carbons (Fsp3) is 0.783. The summed E-state index contributed by atoms with van der Waals surface area (Å²) in [6.07, 6.45) is 21.7. The fourth-order valence-electron chi connectivity index (χ4n) is 3.12. The first-order chi connectivity index (χ1) is 13.2. The van der Waals surface area contributed by atoms with Crippen LogP contribution >= 0.6 is 0 Å². The maximum atomic E-state index is 10.6. The molecule has 4 nitrogen and oxygen atoms in total. The SMILES string of the molecule is C=CCCCCCCCCCCCCCCNCCCCNC(=C)C(=O)O. The molecule has 0 bridgehead atoms. The normalized spacial score (nSPS) is 10.7. The first-order valence-corrected chi connectivity index (χ1v) is 11.2. The highest BCUT2D eigenvalue weighted by Crippen LogP contribution is 2.12. The van der Waals surface area contributed by atoms with E-state index in [-0.39, 0.29) is 5.70 Å². The van der Waals surface area contributed by atoms with Gasteiger partial charge in [0.2, 0.25) is 0 Å². The van der Waals surface area contributed by atoms with Crippen molar-refractivity contribution in [2.45, 2.75) is 96.3 Å². The Morgan fingerprint density at radius 3 is 1.59 bits per heavy atom. The molecule has 0 aromatic rings. The van der Waals surface area contributed by atoms with Crippen molar-refractivity contribution < 1.29 is 9.90 Å². The van der Waals surface area contributed by atoms with E-state index in [0.29, 0.717) is 6.54 Å². The summed E-state index contributed by atoms with van der Waals surface area (Å²) in [4.78, 5) is 10.6. The van der Waals surface area contributed by atoms with Gasteiger partial charge in [-0.15, -0.1) is 6.58 Å². The second kappa shape index (κ2) is 21.0. The van der Waals surface area contributed by atoms with E-state index in [9.17, 15) is 4.79 Å². The summed E-state index contributed by atoms with van der Waals surface area (Å²) in [7, 11) is 0. The smallest absolute Gasteiger partial charge is 0.351 e. The van der Waals surface area contributed by atoms with E-state index < -0.39 is 5.97 Å². The lowest BCUT2D eigenvalue weighted by Crippen LogP contribution is -2.22. The minimum atomic E-state index is -0.969. The van der Waals surface area contributed by atoms with Gasteiger partial charge in [-0.25, -0.2) is 4.79 Å². The second-order valence-corrected chi connectivity index (χ2v) is 7.49. The zero-order chi connectivity index (χ0) is 20.0. The minimum Gasteiger partial charge on any atom is -0.477 e. The van der Waals surface area contributed by atoms with Gasteiger partial charge in [0.25, 0.3) is 0 Å². The second-order valence-electron chi connectivity index (χ2n) is 7.49. The van der Waals surface area contributed by atoms with Crippen LogP contribution in [0.1, 0.15) is 96.3 Å². The van der Waals surface area contributed by atoms with Crippen molar-refractivity contribution >= 4 is 5.97 Å². The standard InChI is InChI=1S/C23H44N2O2/c1-3-4-5-6-7-8-9-10-11-12-13-14-15-16-19-24-20-17-18-21-25-22(2)23(26)27/h3,24-25H,1-2,4-21H2,(H,26,27). The summed E-state index contributed by atoms with van der Waals surface area (Å²) in [6.45, 7) is 10.00. The van der Waals surface area contributed by atoms with Crippen LogP contribution < -0.4 is 10.6 Å². The first-order valence-electron chi connectivity index (χ1n) is 11.2. The predicted octanol–water partition coefficient (Wildman–Crippen LogP) is 5.80. The number of carbonyl (C=O) groups is 1. The Balaban J connectivity index is 3.06. The van der Waals surface area contributed by atoms with Gasteiger partial charge >= 0.3 is 5.97 Å². The van der Waals surface area contributed by atoms with Crippen LogP contribution in [0.4, 0.5) is 0 Å². The van der Waals surface area contributed by atoms with E-state index in [1.54, 1.807) is 0 Å². The van der Waals surface area contributed by atoms with Gasteiger partial charge in [0.1, 0.15) is 5.70 Å². The number of rotatable bonds is 22. The zero-order valence-electron chi connectivity index (χ0n) is 17.6. The fourth-order valence-corrected chi connectivity index (χ4v) is 3.12. The maximum Gasteiger partial charge on any atom is 0.351 e. The molecule has 0 fully saturated rings. The molecule has 0 atom stereocenters. The molecule has 0 amide bonds. The summed E-state index contributed by atoms with van der Waals surface area (Å²) >= 11 is 0. The van der Waals surface area contributed by atoms with Crippen molar-refractivity contribution in [3.63, 3.8) is 0 Å². The predicted molar refractivity (Wildman–Crippen MR) is 117 cm³/mol. The molecule has 0 aromatic carbocycles. The number of carboxylic acid groups (broad SMARTS) is 1. The Kier molecular flexibility index (Phi) is 20.0. The highest BCUT2D eigenvalue weighted by molar-refractivity contribution is 5.84. The van der Waals surface area contributed by atoms with Gasteiger partial charge in [0.05, 0.1) is 0 Å².